The number of anilines is 1. The molecular formula is C22H27N5O2. The van der Waals surface area contributed by atoms with Crippen LogP contribution in [0.3, 0.4) is 0 Å². The highest BCUT2D eigenvalue weighted by molar-refractivity contribution is 5.78. The van der Waals surface area contributed by atoms with Crippen LogP contribution in [0.25, 0.3) is 0 Å². The Bertz CT molecular complexity index is 968. The van der Waals surface area contributed by atoms with Crippen molar-refractivity contribution in [3.63, 3.8) is 0 Å². The average molecular weight is 393 g/mol. The molecule has 4 rings (SSSR count). The third-order valence-corrected chi connectivity index (χ3v) is 5.98. The first-order valence-electron chi connectivity index (χ1n) is 10.1. The molecule has 1 spiro atoms. The van der Waals surface area contributed by atoms with Crippen molar-refractivity contribution in [3.05, 3.63) is 71.1 Å². The van der Waals surface area contributed by atoms with Gasteiger partial charge in [-0.15, -0.1) is 0 Å². The molecule has 1 amide bonds. The van der Waals surface area contributed by atoms with Crippen molar-refractivity contribution in [1.29, 1.82) is 0 Å². The zero-order valence-corrected chi connectivity index (χ0v) is 16.8. The molecule has 1 saturated carbocycles. The average Bonchev–Trinajstić information content (AvgIpc) is 3.12. The van der Waals surface area contributed by atoms with Crippen LogP contribution in [0.2, 0.25) is 0 Å². The predicted molar refractivity (Wildman–Crippen MR) is 113 cm³/mol. The van der Waals surface area contributed by atoms with Gasteiger partial charge in [-0.3, -0.25) is 9.59 Å². The van der Waals surface area contributed by atoms with E-state index in [4.69, 9.17) is 0 Å². The van der Waals surface area contributed by atoms with Crippen LogP contribution in [0.4, 0.5) is 5.82 Å². The first kappa shape index (κ1) is 19.2. The van der Waals surface area contributed by atoms with Crippen LogP contribution in [-0.2, 0) is 11.3 Å². The number of carbonyl (C=O) groups excluding carboxylic acids is 1. The third-order valence-electron chi connectivity index (χ3n) is 5.98. The largest absolute Gasteiger partial charge is 0.355 e. The highest BCUT2D eigenvalue weighted by Crippen LogP contribution is 2.48. The molecule has 1 saturated heterocycles. The standard InChI is InChI=1S/C22H27N5O2/c1-3-11-25-12-7-18(14-17(25)2)23-20(28)15-27-21(29)6-5-19(24-27)26-13-10-22(16-26)8-4-9-22/h3,5-7,11-12,14H,2,4,8-10,13,15-16H2,1H3,(H,23,28)/b11-3-. The van der Waals surface area contributed by atoms with Gasteiger partial charge in [0.1, 0.15) is 12.4 Å². The minimum Gasteiger partial charge on any atom is -0.355 e. The normalized spacial score (nSPS) is 20.3. The van der Waals surface area contributed by atoms with E-state index < -0.39 is 0 Å². The SMILES string of the molecule is C=C1C=C(NC(=O)Cn2nc(N3CCC4(CCC4)C3)ccc2=O)C=CN1/C=C\C. The Kier molecular flexibility index (Phi) is 5.13. The van der Waals surface area contributed by atoms with Gasteiger partial charge >= 0.3 is 0 Å². The maximum Gasteiger partial charge on any atom is 0.267 e. The van der Waals surface area contributed by atoms with Crippen molar-refractivity contribution in [3.8, 4) is 0 Å². The number of aromatic nitrogens is 2. The van der Waals surface area contributed by atoms with Gasteiger partial charge in [0.05, 0.1) is 0 Å². The van der Waals surface area contributed by atoms with Gasteiger partial charge in [-0.2, -0.15) is 5.10 Å². The number of hydrogen-bond acceptors (Lipinski definition) is 5. The van der Waals surface area contributed by atoms with Crippen molar-refractivity contribution < 1.29 is 4.79 Å². The molecule has 2 fully saturated rings. The lowest BCUT2D eigenvalue weighted by Gasteiger charge is -2.38. The van der Waals surface area contributed by atoms with E-state index >= 15 is 0 Å². The van der Waals surface area contributed by atoms with Gasteiger partial charge in [0, 0.05) is 42.9 Å². The molecule has 29 heavy (non-hydrogen) atoms. The van der Waals surface area contributed by atoms with Gasteiger partial charge in [-0.05, 0) is 49.8 Å². The molecule has 1 aromatic rings. The van der Waals surface area contributed by atoms with E-state index in [0.29, 0.717) is 11.1 Å². The fourth-order valence-corrected chi connectivity index (χ4v) is 4.21. The van der Waals surface area contributed by atoms with Crippen LogP contribution in [0.5, 0.6) is 0 Å². The summed E-state index contributed by atoms with van der Waals surface area (Å²) in [6.45, 7) is 7.73. The highest BCUT2D eigenvalue weighted by Gasteiger charge is 2.43. The molecule has 0 bridgehead atoms. The van der Waals surface area contributed by atoms with Crippen molar-refractivity contribution in [2.75, 3.05) is 18.0 Å². The van der Waals surface area contributed by atoms with E-state index in [-0.39, 0.29) is 18.0 Å². The number of amides is 1. The number of rotatable bonds is 5. The molecule has 0 unspecified atom stereocenters. The minimum atomic E-state index is -0.295. The lowest BCUT2D eigenvalue weighted by Crippen LogP contribution is -2.36. The zero-order chi connectivity index (χ0) is 20.4. The Morgan fingerprint density at radius 2 is 2.17 bits per heavy atom. The number of hydrogen-bond donors (Lipinski definition) is 1. The molecule has 1 aliphatic carbocycles. The van der Waals surface area contributed by atoms with Gasteiger partial charge in [-0.1, -0.05) is 19.1 Å². The number of allylic oxidation sites excluding steroid dienone is 3. The first-order valence-corrected chi connectivity index (χ1v) is 10.1. The van der Waals surface area contributed by atoms with E-state index in [9.17, 15) is 9.59 Å². The summed E-state index contributed by atoms with van der Waals surface area (Å²) < 4.78 is 1.24. The molecule has 0 atom stereocenters. The van der Waals surface area contributed by atoms with Crippen LogP contribution < -0.4 is 15.8 Å². The van der Waals surface area contributed by atoms with E-state index in [2.05, 4.69) is 21.9 Å². The van der Waals surface area contributed by atoms with Gasteiger partial charge in [0.25, 0.3) is 5.56 Å². The molecule has 7 heteroatoms. The van der Waals surface area contributed by atoms with E-state index in [1.165, 1.54) is 36.4 Å². The van der Waals surface area contributed by atoms with Crippen molar-refractivity contribution in [2.24, 2.45) is 5.41 Å². The van der Waals surface area contributed by atoms with Crippen LogP contribution in [0, 0.1) is 5.41 Å². The maximum absolute atomic E-state index is 12.5. The molecule has 3 heterocycles. The smallest absolute Gasteiger partial charge is 0.267 e. The lowest BCUT2D eigenvalue weighted by atomic mass is 9.68. The minimum absolute atomic E-state index is 0.123. The second-order valence-corrected chi connectivity index (χ2v) is 8.06. The molecule has 0 aromatic carbocycles. The Labute approximate surface area is 170 Å². The summed E-state index contributed by atoms with van der Waals surface area (Å²) in [6, 6.07) is 3.26. The Morgan fingerprint density at radius 1 is 1.34 bits per heavy atom. The molecule has 3 aliphatic rings. The first-order chi connectivity index (χ1) is 14.0. The molecule has 2 aliphatic heterocycles. The van der Waals surface area contributed by atoms with Crippen molar-refractivity contribution >= 4 is 11.7 Å². The Morgan fingerprint density at radius 3 is 2.83 bits per heavy atom. The fraction of sp³-hybridized carbons (Fsp3) is 0.409. The molecule has 1 N–H and O–H groups in total. The molecule has 152 valence electrons. The monoisotopic (exact) mass is 393 g/mol. The van der Waals surface area contributed by atoms with Gasteiger partial charge in [0.15, 0.2) is 0 Å². The molecule has 0 radical (unpaired) electrons. The number of carbonyl (C=O) groups is 1. The van der Waals surface area contributed by atoms with Gasteiger partial charge in [-0.25, -0.2) is 4.68 Å². The van der Waals surface area contributed by atoms with E-state index in [1.54, 1.807) is 18.2 Å². The molecule has 1 aromatic heterocycles. The zero-order valence-electron chi connectivity index (χ0n) is 16.8. The van der Waals surface area contributed by atoms with Gasteiger partial charge < -0.3 is 15.1 Å². The van der Waals surface area contributed by atoms with E-state index in [1.807, 2.05) is 30.3 Å². The van der Waals surface area contributed by atoms with Crippen LogP contribution in [-0.4, -0.2) is 33.7 Å². The topological polar surface area (TPSA) is 70.5 Å². The van der Waals surface area contributed by atoms with Crippen LogP contribution >= 0.6 is 0 Å². The quantitative estimate of drug-likeness (QED) is 0.832. The second-order valence-electron chi connectivity index (χ2n) is 8.06. The summed E-state index contributed by atoms with van der Waals surface area (Å²) in [5, 5.41) is 7.28. The molecular weight excluding hydrogens is 366 g/mol. The number of nitrogens with zero attached hydrogens (tertiary/aromatic N) is 4. The van der Waals surface area contributed by atoms with E-state index in [0.717, 1.165) is 24.6 Å². The predicted octanol–water partition coefficient (Wildman–Crippen LogP) is 2.50. The van der Waals surface area contributed by atoms with Crippen molar-refractivity contribution in [1.82, 2.24) is 20.0 Å². The lowest BCUT2D eigenvalue weighted by molar-refractivity contribution is -0.121. The summed E-state index contributed by atoms with van der Waals surface area (Å²) in [5.74, 6) is 0.477. The summed E-state index contributed by atoms with van der Waals surface area (Å²) in [6.07, 6.45) is 14.3. The van der Waals surface area contributed by atoms with Crippen LogP contribution in [0.15, 0.2) is 65.5 Å². The maximum atomic E-state index is 12.5. The van der Waals surface area contributed by atoms with Crippen LogP contribution in [0.1, 0.15) is 32.6 Å². The third kappa shape index (κ3) is 4.04. The summed E-state index contributed by atoms with van der Waals surface area (Å²) in [5.41, 5.74) is 1.55. The van der Waals surface area contributed by atoms with Gasteiger partial charge in [0.2, 0.25) is 5.91 Å². The Balaban J connectivity index is 1.41. The Hall–Kier alpha value is -3.09. The highest BCUT2D eigenvalue weighted by atomic mass is 16.2. The molecule has 7 nitrogen and oxygen atoms in total. The summed E-state index contributed by atoms with van der Waals surface area (Å²) in [4.78, 5) is 28.8. The summed E-state index contributed by atoms with van der Waals surface area (Å²) in [7, 11) is 0. The summed E-state index contributed by atoms with van der Waals surface area (Å²) >= 11 is 0. The van der Waals surface area contributed by atoms with Crippen molar-refractivity contribution in [2.45, 2.75) is 39.2 Å². The fourth-order valence-electron chi connectivity index (χ4n) is 4.21. The second kappa shape index (κ2) is 7.73. The number of nitrogens with one attached hydrogen (secondary N) is 1.